The second-order valence-corrected chi connectivity index (χ2v) is 7.57. The van der Waals surface area contributed by atoms with Gasteiger partial charge in [0, 0.05) is 11.5 Å². The number of aliphatic hydroxyl groups excluding tert-OH is 4. The molecule has 3 aromatic rings. The van der Waals surface area contributed by atoms with Crippen LogP contribution in [0.4, 0.5) is 33.5 Å². The zero-order valence-electron chi connectivity index (χ0n) is 19.1. The van der Waals surface area contributed by atoms with Crippen molar-refractivity contribution in [3.8, 4) is 11.5 Å². The summed E-state index contributed by atoms with van der Waals surface area (Å²) in [6, 6.07) is 4.65. The third-order valence-electron chi connectivity index (χ3n) is 5.19. The van der Waals surface area contributed by atoms with E-state index in [1.165, 1.54) is 19.2 Å². The monoisotopic (exact) mass is 537 g/mol. The highest BCUT2D eigenvalue weighted by Crippen LogP contribution is 2.39. The molecule has 37 heavy (non-hydrogen) atoms. The van der Waals surface area contributed by atoms with E-state index in [1.54, 1.807) is 0 Å². The van der Waals surface area contributed by atoms with E-state index >= 15 is 0 Å². The van der Waals surface area contributed by atoms with Gasteiger partial charge in [0.05, 0.1) is 37.1 Å². The van der Waals surface area contributed by atoms with Gasteiger partial charge >= 0.3 is 6.18 Å². The van der Waals surface area contributed by atoms with Gasteiger partial charge in [-0.2, -0.15) is 13.2 Å². The van der Waals surface area contributed by atoms with Crippen molar-refractivity contribution in [2.75, 3.05) is 25.6 Å². The second kappa shape index (κ2) is 12.2. The van der Waals surface area contributed by atoms with Gasteiger partial charge in [-0.25, -0.2) is 18.7 Å². The maximum absolute atomic E-state index is 13.6. The van der Waals surface area contributed by atoms with E-state index < -0.39 is 60.9 Å². The summed E-state index contributed by atoms with van der Waals surface area (Å²) in [5, 5.41) is 41.1. The van der Waals surface area contributed by atoms with Crippen LogP contribution in [0.2, 0.25) is 0 Å². The predicted octanol–water partition coefficient (Wildman–Crippen LogP) is 1.51. The number of alkyl halides is 4. The molecule has 15 heteroatoms. The van der Waals surface area contributed by atoms with Gasteiger partial charge < -0.3 is 40.7 Å². The standard InChI is InChI=1S/C22H22F5N3O6.H2O/c1-35-16-5-11-15(6-17(16)36-18(8-32)20(34)19(33)13(24)7-31)28-9-29-21(11)30-14-3-2-10(23)4-12(14)22(25,26)27;/h2-6,9,13,18-20,31-34H,7-8H2,1H3,(H,28,29,30);1H2/t13-,18-,19+,20+;/m1./s1. The van der Waals surface area contributed by atoms with Crippen LogP contribution in [0, 0.1) is 5.82 Å². The summed E-state index contributed by atoms with van der Waals surface area (Å²) < 4.78 is 77.9. The Morgan fingerprint density at radius 3 is 2.30 bits per heavy atom. The van der Waals surface area contributed by atoms with Crippen molar-refractivity contribution in [1.29, 1.82) is 0 Å². The quantitative estimate of drug-likeness (QED) is 0.241. The smallest absolute Gasteiger partial charge is 0.418 e. The number of aliphatic hydroxyl groups is 4. The van der Waals surface area contributed by atoms with E-state index in [-0.39, 0.29) is 33.7 Å². The molecule has 0 radical (unpaired) electrons. The molecule has 0 aliphatic heterocycles. The molecule has 0 spiro atoms. The van der Waals surface area contributed by atoms with E-state index in [4.69, 9.17) is 14.6 Å². The molecule has 0 fully saturated rings. The molecule has 7 N–H and O–H groups in total. The second-order valence-electron chi connectivity index (χ2n) is 7.57. The van der Waals surface area contributed by atoms with Crippen LogP contribution < -0.4 is 14.8 Å². The van der Waals surface area contributed by atoms with E-state index in [0.29, 0.717) is 6.07 Å². The SMILES string of the molecule is COc1cc2c(Nc3ccc(F)cc3C(F)(F)F)ncnc2cc1O[C@H](CO)[C@H](O)[C@@H](O)[C@H](F)CO.O. The summed E-state index contributed by atoms with van der Waals surface area (Å²) in [4.78, 5) is 7.98. The first-order valence-corrected chi connectivity index (χ1v) is 10.3. The predicted molar refractivity (Wildman–Crippen MR) is 120 cm³/mol. The molecule has 0 saturated carbocycles. The van der Waals surface area contributed by atoms with Crippen molar-refractivity contribution >= 4 is 22.4 Å². The van der Waals surface area contributed by atoms with E-state index in [9.17, 15) is 37.3 Å². The number of aromatic nitrogens is 2. The first kappa shape index (κ1) is 29.9. The number of halogens is 5. The maximum Gasteiger partial charge on any atom is 0.418 e. The van der Waals surface area contributed by atoms with Crippen LogP contribution in [-0.4, -0.2) is 80.7 Å². The molecular formula is C22H24F5N3O7. The minimum absolute atomic E-state index is 0. The van der Waals surface area contributed by atoms with Gasteiger partial charge in [0.1, 0.15) is 30.2 Å². The van der Waals surface area contributed by atoms with Gasteiger partial charge in [0.2, 0.25) is 0 Å². The van der Waals surface area contributed by atoms with Crippen molar-refractivity contribution in [3.63, 3.8) is 0 Å². The topological polar surface area (TPSA) is 169 Å². The van der Waals surface area contributed by atoms with E-state index in [1.807, 2.05) is 0 Å². The Kier molecular flexibility index (Phi) is 9.88. The Labute approximate surface area is 206 Å². The first-order valence-electron chi connectivity index (χ1n) is 10.3. The highest BCUT2D eigenvalue weighted by molar-refractivity contribution is 5.93. The third kappa shape index (κ3) is 6.69. The Hall–Kier alpha value is -3.37. The fourth-order valence-corrected chi connectivity index (χ4v) is 3.32. The molecule has 0 bridgehead atoms. The molecule has 0 unspecified atom stereocenters. The van der Waals surface area contributed by atoms with Crippen LogP contribution >= 0.6 is 0 Å². The van der Waals surface area contributed by atoms with E-state index in [0.717, 1.165) is 18.5 Å². The van der Waals surface area contributed by atoms with Gasteiger partial charge in [0.25, 0.3) is 0 Å². The molecule has 10 nitrogen and oxygen atoms in total. The van der Waals surface area contributed by atoms with Crippen molar-refractivity contribution in [3.05, 3.63) is 48.0 Å². The molecule has 4 atom stereocenters. The Bertz CT molecular complexity index is 1200. The molecule has 0 amide bonds. The van der Waals surface area contributed by atoms with Gasteiger partial charge in [-0.15, -0.1) is 0 Å². The average Bonchev–Trinajstić information content (AvgIpc) is 2.85. The summed E-state index contributed by atoms with van der Waals surface area (Å²) in [7, 11) is 1.23. The van der Waals surface area contributed by atoms with Gasteiger partial charge in [-0.05, 0) is 24.3 Å². The van der Waals surface area contributed by atoms with Crippen LogP contribution in [0.15, 0.2) is 36.7 Å². The summed E-state index contributed by atoms with van der Waals surface area (Å²) in [5.41, 5.74) is -1.59. The fraction of sp³-hybridized carbons (Fsp3) is 0.364. The lowest BCUT2D eigenvalue weighted by molar-refractivity contribution is -0.137. The molecule has 204 valence electrons. The van der Waals surface area contributed by atoms with Crippen LogP contribution in [0.3, 0.4) is 0 Å². The number of anilines is 2. The minimum Gasteiger partial charge on any atom is -0.493 e. The Morgan fingerprint density at radius 2 is 1.70 bits per heavy atom. The molecule has 0 aliphatic rings. The Morgan fingerprint density at radius 1 is 1.00 bits per heavy atom. The third-order valence-corrected chi connectivity index (χ3v) is 5.19. The van der Waals surface area contributed by atoms with Crippen molar-refractivity contribution in [2.24, 2.45) is 0 Å². The molecule has 0 saturated heterocycles. The van der Waals surface area contributed by atoms with Crippen LogP contribution in [-0.2, 0) is 6.18 Å². The number of nitrogens with one attached hydrogen (secondary N) is 1. The van der Waals surface area contributed by atoms with Crippen molar-refractivity contribution in [2.45, 2.75) is 30.7 Å². The number of hydrogen-bond acceptors (Lipinski definition) is 9. The van der Waals surface area contributed by atoms with Gasteiger partial charge in [-0.1, -0.05) is 0 Å². The van der Waals surface area contributed by atoms with Crippen LogP contribution in [0.1, 0.15) is 5.56 Å². The summed E-state index contributed by atoms with van der Waals surface area (Å²) in [6.45, 7) is -1.94. The molecule has 1 heterocycles. The number of nitrogens with zero attached hydrogens (tertiary/aromatic N) is 2. The zero-order chi connectivity index (χ0) is 26.6. The number of ether oxygens (including phenoxy) is 2. The summed E-state index contributed by atoms with van der Waals surface area (Å²) in [5.74, 6) is -1.31. The van der Waals surface area contributed by atoms with Crippen molar-refractivity contribution in [1.82, 2.24) is 9.97 Å². The Balaban J connectivity index is 0.00000481. The molecular weight excluding hydrogens is 513 g/mol. The van der Waals surface area contributed by atoms with Crippen molar-refractivity contribution < 1.29 is 57.3 Å². The average molecular weight is 537 g/mol. The molecule has 1 aromatic heterocycles. The highest BCUT2D eigenvalue weighted by atomic mass is 19.4. The number of fused-ring (bicyclic) bond motifs is 1. The molecule has 2 aromatic carbocycles. The highest BCUT2D eigenvalue weighted by Gasteiger charge is 2.35. The molecule has 0 aliphatic carbocycles. The first-order chi connectivity index (χ1) is 17.0. The van der Waals surface area contributed by atoms with Crippen LogP contribution in [0.5, 0.6) is 11.5 Å². The largest absolute Gasteiger partial charge is 0.493 e. The number of rotatable bonds is 10. The molecule has 3 rings (SSSR count). The normalized spacial score (nSPS) is 14.9. The van der Waals surface area contributed by atoms with Gasteiger partial charge in [0.15, 0.2) is 23.8 Å². The fourth-order valence-electron chi connectivity index (χ4n) is 3.32. The minimum atomic E-state index is -4.86. The lowest BCUT2D eigenvalue weighted by Gasteiger charge is -2.28. The van der Waals surface area contributed by atoms with Gasteiger partial charge in [-0.3, -0.25) is 0 Å². The lowest BCUT2D eigenvalue weighted by Crippen LogP contribution is -2.48. The number of methoxy groups -OCH3 is 1. The van der Waals surface area contributed by atoms with Crippen LogP contribution in [0.25, 0.3) is 10.9 Å². The number of hydrogen-bond donors (Lipinski definition) is 5. The maximum atomic E-state index is 13.6. The summed E-state index contributed by atoms with van der Waals surface area (Å²) in [6.07, 6.45) is -11.6. The number of benzene rings is 2. The zero-order valence-corrected chi connectivity index (χ0v) is 19.1. The van der Waals surface area contributed by atoms with E-state index in [2.05, 4.69) is 15.3 Å². The summed E-state index contributed by atoms with van der Waals surface area (Å²) >= 11 is 0. The lowest BCUT2D eigenvalue weighted by atomic mass is 10.0.